The zero-order chi connectivity index (χ0) is 24.8. The maximum Gasteiger partial charge on any atom is 0.260 e. The van der Waals surface area contributed by atoms with Crippen molar-refractivity contribution in [3.63, 3.8) is 0 Å². The minimum absolute atomic E-state index is 0.0509. The predicted molar refractivity (Wildman–Crippen MR) is 139 cm³/mol. The largest absolute Gasteiger partial charge is 0.304 e. The van der Waals surface area contributed by atoms with Gasteiger partial charge < -0.3 is 4.90 Å². The molecule has 1 unspecified atom stereocenters. The number of fused-ring (bicyclic) bond motifs is 1. The van der Waals surface area contributed by atoms with Crippen molar-refractivity contribution >= 4 is 38.8 Å². The molecule has 0 aliphatic carbocycles. The fraction of sp³-hybridized carbons (Fsp3) is 0.222. The quantitative estimate of drug-likeness (QED) is 0.401. The number of aryl methyl sites for hydroxylation is 1. The Morgan fingerprint density at radius 2 is 1.74 bits per heavy atom. The molecule has 2 N–H and O–H groups in total. The van der Waals surface area contributed by atoms with E-state index in [0.29, 0.717) is 39.0 Å². The van der Waals surface area contributed by atoms with E-state index in [1.54, 1.807) is 29.2 Å². The van der Waals surface area contributed by atoms with Gasteiger partial charge in [0.2, 0.25) is 0 Å². The zero-order valence-electron chi connectivity index (χ0n) is 19.7. The Kier molecular flexibility index (Phi) is 6.08. The number of anilines is 1. The summed E-state index contributed by atoms with van der Waals surface area (Å²) >= 11 is 6.41. The van der Waals surface area contributed by atoms with Gasteiger partial charge in [-0.2, -0.15) is 0 Å². The van der Waals surface area contributed by atoms with Crippen molar-refractivity contribution in [2.45, 2.75) is 44.6 Å². The molecule has 1 atom stereocenters. The molecule has 3 aromatic rings. The zero-order valence-corrected chi connectivity index (χ0v) is 21.3. The van der Waals surface area contributed by atoms with Crippen molar-refractivity contribution in [2.24, 2.45) is 0 Å². The van der Waals surface area contributed by atoms with Crippen LogP contribution in [0.5, 0.6) is 0 Å². The Morgan fingerprint density at radius 3 is 2.35 bits per heavy atom. The monoisotopic (exact) mass is 493 g/mol. The van der Waals surface area contributed by atoms with Gasteiger partial charge >= 0.3 is 0 Å². The fourth-order valence-corrected chi connectivity index (χ4v) is 5.44. The van der Waals surface area contributed by atoms with E-state index in [4.69, 9.17) is 16.4 Å². The molecule has 34 heavy (non-hydrogen) atoms. The van der Waals surface area contributed by atoms with E-state index in [0.717, 1.165) is 16.7 Å². The Labute approximate surface area is 206 Å². The lowest BCUT2D eigenvalue weighted by Crippen LogP contribution is -2.22. The van der Waals surface area contributed by atoms with Gasteiger partial charge in [0, 0.05) is 11.3 Å². The number of rotatable bonds is 5. The van der Waals surface area contributed by atoms with Crippen molar-refractivity contribution in [2.75, 3.05) is 4.72 Å². The molecule has 0 saturated heterocycles. The van der Waals surface area contributed by atoms with E-state index >= 15 is 0 Å². The van der Waals surface area contributed by atoms with Gasteiger partial charge in [-0.25, -0.2) is 8.99 Å². The summed E-state index contributed by atoms with van der Waals surface area (Å²) in [6, 6.07) is 18.4. The summed E-state index contributed by atoms with van der Waals surface area (Å²) in [5, 5.41) is 0.296. The van der Waals surface area contributed by atoms with Crippen LogP contribution in [0.25, 0.3) is 5.70 Å². The van der Waals surface area contributed by atoms with Crippen LogP contribution in [-0.4, -0.2) is 15.0 Å². The molecular formula is C27H28ClN3O2S. The summed E-state index contributed by atoms with van der Waals surface area (Å²) in [5.41, 5.74) is 4.75. The molecule has 0 bridgehead atoms. The Bertz CT molecular complexity index is 1400. The van der Waals surface area contributed by atoms with E-state index < -0.39 is 9.92 Å². The van der Waals surface area contributed by atoms with Crippen LogP contribution in [0.3, 0.4) is 0 Å². The predicted octanol–water partition coefficient (Wildman–Crippen LogP) is 7.01. The number of halogens is 1. The third-order valence-corrected chi connectivity index (χ3v) is 7.72. The number of carbonyl (C=O) groups is 1. The maximum atomic E-state index is 13.4. The van der Waals surface area contributed by atoms with Crippen LogP contribution in [0.15, 0.2) is 72.1 Å². The summed E-state index contributed by atoms with van der Waals surface area (Å²) < 4.78 is 24.8. The number of carbonyl (C=O) groups excluding carboxylic acids is 1. The Morgan fingerprint density at radius 1 is 1.06 bits per heavy atom. The van der Waals surface area contributed by atoms with Crippen LogP contribution in [-0.2, 0) is 21.9 Å². The topological polar surface area (TPSA) is 73.3 Å². The van der Waals surface area contributed by atoms with Crippen LogP contribution in [0.4, 0.5) is 5.69 Å². The molecule has 0 saturated carbocycles. The molecule has 0 fully saturated rings. The van der Waals surface area contributed by atoms with Gasteiger partial charge in [-0.1, -0.05) is 80.9 Å². The van der Waals surface area contributed by atoms with E-state index in [2.05, 4.69) is 32.1 Å². The van der Waals surface area contributed by atoms with Gasteiger partial charge in [-0.05, 0) is 47.7 Å². The van der Waals surface area contributed by atoms with Crippen LogP contribution < -0.4 is 4.72 Å². The number of nitrogens with zero attached hydrogens (tertiary/aromatic N) is 1. The van der Waals surface area contributed by atoms with E-state index in [1.807, 2.05) is 43.3 Å². The first-order valence-corrected chi connectivity index (χ1v) is 12.9. The number of nitrogens with one attached hydrogen (secondary N) is 2. The van der Waals surface area contributed by atoms with Gasteiger partial charge in [0.05, 0.1) is 27.7 Å². The average molecular weight is 494 g/mol. The molecular weight excluding hydrogens is 466 g/mol. The van der Waals surface area contributed by atoms with Crippen LogP contribution in [0.2, 0.25) is 5.02 Å². The van der Waals surface area contributed by atoms with Crippen molar-refractivity contribution in [1.29, 1.82) is 4.78 Å². The van der Waals surface area contributed by atoms with Crippen LogP contribution in [0, 0.1) is 11.7 Å². The summed E-state index contributed by atoms with van der Waals surface area (Å²) in [5.74, 6) is -0.263. The third-order valence-electron chi connectivity index (χ3n) is 5.96. The second-order valence-electron chi connectivity index (χ2n) is 9.60. The number of hydrogen-bond donors (Lipinski definition) is 2. The van der Waals surface area contributed by atoms with E-state index in [9.17, 15) is 9.00 Å². The lowest BCUT2D eigenvalue weighted by Gasteiger charge is -2.20. The molecule has 5 nitrogen and oxygen atoms in total. The number of amides is 1. The van der Waals surface area contributed by atoms with Gasteiger partial charge in [0.1, 0.15) is 0 Å². The SMILES string of the molecule is C=C1c2c(NS(=N)(=O)c3ccc(C(C)(C)C)cc3)ccc(Cl)c2C(=O)N1Cc1cccc(C)c1. The van der Waals surface area contributed by atoms with E-state index in [1.165, 1.54) is 0 Å². The highest BCUT2D eigenvalue weighted by Gasteiger charge is 2.36. The Hall–Kier alpha value is -3.09. The molecule has 1 aliphatic heterocycles. The number of benzene rings is 3. The highest BCUT2D eigenvalue weighted by molar-refractivity contribution is 7.93. The normalized spacial score (nSPS) is 15.3. The number of hydrogen-bond acceptors (Lipinski definition) is 3. The van der Waals surface area contributed by atoms with Crippen LogP contribution >= 0.6 is 11.6 Å². The lowest BCUT2D eigenvalue weighted by molar-refractivity contribution is 0.0843. The first-order chi connectivity index (χ1) is 15.9. The van der Waals surface area contributed by atoms with E-state index in [-0.39, 0.29) is 11.3 Å². The lowest BCUT2D eigenvalue weighted by atomic mass is 9.87. The highest BCUT2D eigenvalue weighted by atomic mass is 35.5. The van der Waals surface area contributed by atoms with Crippen molar-refractivity contribution < 1.29 is 9.00 Å². The van der Waals surface area contributed by atoms with Gasteiger partial charge in [0.15, 0.2) is 9.92 Å². The highest BCUT2D eigenvalue weighted by Crippen LogP contribution is 2.42. The minimum Gasteiger partial charge on any atom is -0.304 e. The second kappa shape index (κ2) is 8.60. The van der Waals surface area contributed by atoms with Gasteiger partial charge in [-0.3, -0.25) is 9.52 Å². The van der Waals surface area contributed by atoms with Gasteiger partial charge in [-0.15, -0.1) is 0 Å². The third kappa shape index (κ3) is 4.48. The first kappa shape index (κ1) is 24.0. The molecule has 0 radical (unpaired) electrons. The molecule has 4 rings (SSSR count). The molecule has 176 valence electrons. The summed E-state index contributed by atoms with van der Waals surface area (Å²) in [6.07, 6.45) is 0. The van der Waals surface area contributed by atoms with Gasteiger partial charge in [0.25, 0.3) is 5.91 Å². The summed E-state index contributed by atoms with van der Waals surface area (Å²) in [4.78, 5) is 15.2. The molecule has 3 aromatic carbocycles. The fourth-order valence-electron chi connectivity index (χ4n) is 4.08. The molecule has 0 spiro atoms. The smallest absolute Gasteiger partial charge is 0.260 e. The standard InChI is InChI=1S/C27H28ClN3O2S/c1-17-7-6-8-19(15-17)16-31-18(2)24-23(14-13-22(28)25(24)26(31)32)30-34(29,33)21-11-9-20(10-12-21)27(3,4)5/h6-15H,2,16H2,1,3-5H3,(H2,29,30,33). The summed E-state index contributed by atoms with van der Waals surface area (Å²) in [6.45, 7) is 12.8. The molecule has 7 heteroatoms. The first-order valence-electron chi connectivity index (χ1n) is 10.9. The maximum absolute atomic E-state index is 13.4. The summed E-state index contributed by atoms with van der Waals surface area (Å²) in [7, 11) is -3.40. The molecule has 1 amide bonds. The van der Waals surface area contributed by atoms with Crippen molar-refractivity contribution in [3.8, 4) is 0 Å². The Balaban J connectivity index is 1.68. The van der Waals surface area contributed by atoms with Crippen LogP contribution in [0.1, 0.15) is 53.4 Å². The van der Waals surface area contributed by atoms with Crippen molar-refractivity contribution in [3.05, 3.63) is 100 Å². The molecule has 1 heterocycles. The van der Waals surface area contributed by atoms with Crippen molar-refractivity contribution in [1.82, 2.24) is 4.90 Å². The average Bonchev–Trinajstić information content (AvgIpc) is 3.01. The minimum atomic E-state index is -3.40. The molecule has 0 aromatic heterocycles. The second-order valence-corrected chi connectivity index (χ2v) is 11.8. The molecule has 1 aliphatic rings.